The van der Waals surface area contributed by atoms with E-state index in [1.54, 1.807) is 19.1 Å². The lowest BCUT2D eigenvalue weighted by Crippen LogP contribution is -2.05. The Morgan fingerprint density at radius 2 is 1.57 bits per heavy atom. The number of benzene rings is 2. The van der Waals surface area contributed by atoms with Crippen LogP contribution in [0.25, 0.3) is 0 Å². The Labute approximate surface area is 134 Å². The molecule has 122 valence electrons. The van der Waals surface area contributed by atoms with Crippen molar-refractivity contribution < 1.29 is 17.9 Å². The molecule has 0 radical (unpaired) electrons. The monoisotopic (exact) mass is 336 g/mol. The van der Waals surface area contributed by atoms with Crippen molar-refractivity contribution in [2.45, 2.75) is 18.7 Å². The summed E-state index contributed by atoms with van der Waals surface area (Å²) in [6.45, 7) is 3.58. The molecule has 0 spiro atoms. The van der Waals surface area contributed by atoms with Crippen LogP contribution in [-0.4, -0.2) is 19.3 Å². The molecule has 7 nitrogen and oxygen atoms in total. The fraction of sp³-hybridized carbons (Fsp3) is 0.133. The van der Waals surface area contributed by atoms with Crippen LogP contribution in [0.1, 0.15) is 18.1 Å². The molecule has 0 aliphatic heterocycles. The minimum atomic E-state index is -3.87. The largest absolute Gasteiger partial charge is 0.379 e. The molecule has 0 fully saturated rings. The topological polar surface area (TPSA) is 105 Å². The van der Waals surface area contributed by atoms with E-state index in [1.807, 2.05) is 37.3 Å². The highest BCUT2D eigenvalue weighted by Crippen LogP contribution is 2.14. The van der Waals surface area contributed by atoms with Crippen molar-refractivity contribution in [2.75, 3.05) is 0 Å². The first-order valence-electron chi connectivity index (χ1n) is 6.47. The van der Waals surface area contributed by atoms with Gasteiger partial charge < -0.3 is 5.21 Å². The molecule has 0 aromatic heterocycles. The van der Waals surface area contributed by atoms with E-state index in [0.29, 0.717) is 5.71 Å². The van der Waals surface area contributed by atoms with E-state index in [1.165, 1.54) is 17.5 Å². The van der Waals surface area contributed by atoms with Crippen molar-refractivity contribution in [3.63, 3.8) is 0 Å². The summed E-state index contributed by atoms with van der Waals surface area (Å²) < 4.78 is 28.6. The van der Waals surface area contributed by atoms with Gasteiger partial charge in [-0.15, -0.1) is 4.91 Å². The third-order valence-corrected chi connectivity index (χ3v) is 3.89. The van der Waals surface area contributed by atoms with Gasteiger partial charge in [0.15, 0.2) is 5.34 Å². The predicted molar refractivity (Wildman–Crippen MR) is 85.7 cm³/mol. The van der Waals surface area contributed by atoms with Gasteiger partial charge in [0.05, 0.1) is 5.71 Å². The first kappa shape index (κ1) is 18.3. The van der Waals surface area contributed by atoms with Crippen molar-refractivity contribution in [1.29, 1.82) is 0 Å². The maximum atomic E-state index is 11.9. The number of oxime groups is 1. The number of nitrogens with zero attached hydrogens (tertiary/aromatic N) is 2. The van der Waals surface area contributed by atoms with E-state index in [0.717, 1.165) is 11.1 Å². The van der Waals surface area contributed by atoms with Crippen LogP contribution >= 0.6 is 0 Å². The standard InChI is InChI=1S/C15H15NO3S.HNO2/c1-12-8-10-15(11-9-12)20(17,18)19-16-13(2)14-6-4-3-5-7-14;2-1-3/h3-11H,1-2H3;(H,2,3)/b16-13-;. The summed E-state index contributed by atoms with van der Waals surface area (Å²) in [6.07, 6.45) is 0. The molecule has 8 heteroatoms. The van der Waals surface area contributed by atoms with Crippen LogP contribution in [0.3, 0.4) is 0 Å². The first-order chi connectivity index (χ1) is 10.9. The second kappa shape index (κ2) is 8.64. The molecule has 0 atom stereocenters. The molecular formula is C15H16N2O5S. The summed E-state index contributed by atoms with van der Waals surface area (Å²) >= 11 is 0. The molecule has 0 saturated heterocycles. The third-order valence-electron chi connectivity index (χ3n) is 2.77. The summed E-state index contributed by atoms with van der Waals surface area (Å²) in [7, 11) is -3.87. The second-order valence-corrected chi connectivity index (χ2v) is 5.99. The molecule has 2 rings (SSSR count). The van der Waals surface area contributed by atoms with E-state index in [9.17, 15) is 8.42 Å². The highest BCUT2D eigenvalue weighted by atomic mass is 32.2. The molecule has 2 aromatic rings. The molecule has 0 bridgehead atoms. The van der Waals surface area contributed by atoms with Crippen LogP contribution < -0.4 is 0 Å². The minimum absolute atomic E-state index is 0.0905. The van der Waals surface area contributed by atoms with Crippen LogP contribution in [0.2, 0.25) is 0 Å². The quantitative estimate of drug-likeness (QED) is 0.524. The molecule has 23 heavy (non-hydrogen) atoms. The smallest absolute Gasteiger partial charge is 0.358 e. The van der Waals surface area contributed by atoms with Crippen LogP contribution in [-0.2, 0) is 14.4 Å². The van der Waals surface area contributed by atoms with Gasteiger partial charge in [-0.25, -0.2) is 0 Å². The van der Waals surface area contributed by atoms with Gasteiger partial charge >= 0.3 is 10.1 Å². The van der Waals surface area contributed by atoms with Gasteiger partial charge in [-0.2, -0.15) is 8.42 Å². The van der Waals surface area contributed by atoms with Gasteiger partial charge in [-0.3, -0.25) is 4.28 Å². The highest BCUT2D eigenvalue weighted by molar-refractivity contribution is 7.86. The maximum absolute atomic E-state index is 11.9. The van der Waals surface area contributed by atoms with Gasteiger partial charge in [0, 0.05) is 0 Å². The Hall–Kier alpha value is -2.74. The van der Waals surface area contributed by atoms with Crippen LogP contribution in [0, 0.1) is 11.8 Å². The SMILES string of the molecule is C/C(=N/OS(=O)(=O)c1ccc(C)cc1)c1ccccc1.O=NO. The van der Waals surface area contributed by atoms with E-state index in [2.05, 4.69) is 5.16 Å². The molecule has 1 N–H and O–H groups in total. The van der Waals surface area contributed by atoms with E-state index < -0.39 is 10.1 Å². The lowest BCUT2D eigenvalue weighted by molar-refractivity contribution is 0.312. The zero-order chi connectivity index (χ0) is 17.3. The number of rotatable bonds is 4. The second-order valence-electron chi connectivity index (χ2n) is 4.47. The van der Waals surface area contributed by atoms with Gasteiger partial charge in [-0.1, -0.05) is 53.2 Å². The van der Waals surface area contributed by atoms with Crippen molar-refractivity contribution in [3.8, 4) is 0 Å². The number of aryl methyl sites for hydroxylation is 1. The Bertz CT molecular complexity index is 756. The van der Waals surface area contributed by atoms with E-state index >= 15 is 0 Å². The number of hydrogen-bond acceptors (Lipinski definition) is 6. The maximum Gasteiger partial charge on any atom is 0.358 e. The van der Waals surface area contributed by atoms with Crippen molar-refractivity contribution in [3.05, 3.63) is 70.6 Å². The Balaban J connectivity index is 0.000000816. The van der Waals surface area contributed by atoms with Gasteiger partial charge in [-0.05, 0) is 31.5 Å². The van der Waals surface area contributed by atoms with E-state index in [-0.39, 0.29) is 4.90 Å². The first-order valence-corrected chi connectivity index (χ1v) is 7.88. The van der Waals surface area contributed by atoms with Crippen LogP contribution in [0.4, 0.5) is 0 Å². The van der Waals surface area contributed by atoms with Gasteiger partial charge in [0.2, 0.25) is 0 Å². The average molecular weight is 336 g/mol. The Kier molecular flexibility index (Phi) is 6.88. The fourth-order valence-electron chi connectivity index (χ4n) is 1.58. The average Bonchev–Trinajstić information content (AvgIpc) is 2.55. The van der Waals surface area contributed by atoms with Crippen molar-refractivity contribution in [2.24, 2.45) is 10.5 Å². The molecule has 2 aromatic carbocycles. The minimum Gasteiger partial charge on any atom is -0.379 e. The normalized spacial score (nSPS) is 11.1. The van der Waals surface area contributed by atoms with Gasteiger partial charge in [0.1, 0.15) is 4.90 Å². The molecule has 0 aliphatic rings. The van der Waals surface area contributed by atoms with Crippen LogP contribution in [0.5, 0.6) is 0 Å². The van der Waals surface area contributed by atoms with Gasteiger partial charge in [0.25, 0.3) is 0 Å². The summed E-state index contributed by atoms with van der Waals surface area (Å²) in [5.41, 5.74) is 2.29. The summed E-state index contributed by atoms with van der Waals surface area (Å²) in [5.74, 6) is 0. The summed E-state index contributed by atoms with van der Waals surface area (Å²) in [5, 5.41) is 11.6. The van der Waals surface area contributed by atoms with Crippen molar-refractivity contribution >= 4 is 15.8 Å². The molecule has 0 unspecified atom stereocenters. The predicted octanol–water partition coefficient (Wildman–Crippen LogP) is 3.27. The molecule has 0 saturated carbocycles. The summed E-state index contributed by atoms with van der Waals surface area (Å²) in [4.78, 5) is 8.20. The van der Waals surface area contributed by atoms with E-state index in [4.69, 9.17) is 14.4 Å². The summed E-state index contributed by atoms with van der Waals surface area (Å²) in [6, 6.07) is 15.7. The Morgan fingerprint density at radius 1 is 1.04 bits per heavy atom. The molecular weight excluding hydrogens is 320 g/mol. The lowest BCUT2D eigenvalue weighted by atomic mass is 10.1. The molecule has 0 amide bonds. The third kappa shape index (κ3) is 5.87. The highest BCUT2D eigenvalue weighted by Gasteiger charge is 2.15. The zero-order valence-corrected chi connectivity index (χ0v) is 13.4. The fourth-order valence-corrected chi connectivity index (χ4v) is 2.35. The van der Waals surface area contributed by atoms with Crippen LogP contribution in [0.15, 0.2) is 70.0 Å². The Morgan fingerprint density at radius 3 is 2.09 bits per heavy atom. The molecule has 0 aliphatic carbocycles. The number of hydrogen-bond donors (Lipinski definition) is 1. The zero-order valence-electron chi connectivity index (χ0n) is 12.6. The van der Waals surface area contributed by atoms with Crippen molar-refractivity contribution in [1.82, 2.24) is 0 Å². The molecule has 0 heterocycles. The lowest BCUT2D eigenvalue weighted by Gasteiger charge is -2.03.